The Labute approximate surface area is 261 Å². The van der Waals surface area contributed by atoms with Gasteiger partial charge < -0.3 is 24.9 Å². The van der Waals surface area contributed by atoms with Crippen LogP contribution in [-0.4, -0.2) is 47.7 Å². The van der Waals surface area contributed by atoms with Crippen molar-refractivity contribution in [3.63, 3.8) is 0 Å². The van der Waals surface area contributed by atoms with Crippen LogP contribution in [0.3, 0.4) is 0 Å². The number of aliphatic imine (C=N–C) groups is 1. The van der Waals surface area contributed by atoms with Gasteiger partial charge in [-0.2, -0.15) is 4.89 Å². The zero-order valence-corrected chi connectivity index (χ0v) is 26.5. The maximum absolute atomic E-state index is 12.4. The van der Waals surface area contributed by atoms with Crippen molar-refractivity contribution in [3.05, 3.63) is 110 Å². The number of carbonyl (C=O) groups is 3. The number of nitrogens with zero attached hydrogens (tertiary/aromatic N) is 1. The van der Waals surface area contributed by atoms with E-state index in [1.54, 1.807) is 13.0 Å². The molecule has 0 saturated heterocycles. The summed E-state index contributed by atoms with van der Waals surface area (Å²) in [5, 5.41) is 4.42. The van der Waals surface area contributed by atoms with E-state index in [0.29, 0.717) is 41.2 Å². The van der Waals surface area contributed by atoms with Gasteiger partial charge in [-0.25, -0.2) is 4.99 Å². The number of H-pyrrole nitrogens is 2. The van der Waals surface area contributed by atoms with E-state index >= 15 is 0 Å². The molecule has 2 aromatic rings. The minimum atomic E-state index is -0.328. The van der Waals surface area contributed by atoms with Crippen molar-refractivity contribution < 1.29 is 28.9 Å². The van der Waals surface area contributed by atoms with Crippen LogP contribution in [-0.2, 0) is 41.7 Å². The molecule has 0 unspecified atom stereocenters. The molecule has 45 heavy (non-hydrogen) atoms. The van der Waals surface area contributed by atoms with Crippen LogP contribution in [0, 0.1) is 13.8 Å². The minimum absolute atomic E-state index is 0.172. The Bertz CT molecular complexity index is 1890. The van der Waals surface area contributed by atoms with Crippen molar-refractivity contribution in [2.45, 2.75) is 47.0 Å². The van der Waals surface area contributed by atoms with E-state index in [1.807, 2.05) is 39.0 Å². The van der Waals surface area contributed by atoms with E-state index in [9.17, 15) is 14.4 Å². The third kappa shape index (κ3) is 6.66. The van der Waals surface area contributed by atoms with Gasteiger partial charge in [0.25, 0.3) is 11.8 Å². The molecule has 4 rings (SSSR count). The number of aromatic amines is 2. The van der Waals surface area contributed by atoms with Gasteiger partial charge in [-0.15, -0.1) is 0 Å². The molecule has 2 aliphatic heterocycles. The quantitative estimate of drug-likeness (QED) is 0.145. The summed E-state index contributed by atoms with van der Waals surface area (Å²) in [7, 11) is 2.77. The third-order valence-electron chi connectivity index (χ3n) is 8.07. The van der Waals surface area contributed by atoms with Gasteiger partial charge >= 0.3 is 5.97 Å². The lowest BCUT2D eigenvalue weighted by molar-refractivity contribution is -0.238. The summed E-state index contributed by atoms with van der Waals surface area (Å²) in [6.07, 6.45) is 9.77. The van der Waals surface area contributed by atoms with Crippen LogP contribution < -0.4 is 16.0 Å². The molecular weight excluding hydrogens is 572 g/mol. The van der Waals surface area contributed by atoms with Crippen LogP contribution in [0.4, 0.5) is 0 Å². The Hall–Kier alpha value is -5.22. The first-order valence-corrected chi connectivity index (χ1v) is 14.3. The van der Waals surface area contributed by atoms with E-state index in [4.69, 9.17) is 14.5 Å². The number of hydrogen-bond donors (Lipinski definition) is 3. The molecule has 0 saturated carbocycles. The van der Waals surface area contributed by atoms with Gasteiger partial charge in [-0.3, -0.25) is 14.4 Å². The van der Waals surface area contributed by atoms with Crippen LogP contribution >= 0.6 is 0 Å². The number of amides is 2. The number of nitrogens with one attached hydrogen (secondary N) is 3. The molecule has 0 aliphatic carbocycles. The van der Waals surface area contributed by atoms with Crippen molar-refractivity contribution >= 4 is 41.7 Å². The molecule has 0 aromatic carbocycles. The van der Waals surface area contributed by atoms with Crippen LogP contribution in [0.2, 0.25) is 0 Å². The summed E-state index contributed by atoms with van der Waals surface area (Å²) in [6, 6.07) is 0. The highest BCUT2D eigenvalue weighted by Gasteiger charge is 2.24. The first-order chi connectivity index (χ1) is 21.4. The lowest BCUT2D eigenvalue weighted by Crippen LogP contribution is -2.15. The summed E-state index contributed by atoms with van der Waals surface area (Å²) < 4.78 is 4.91. The average Bonchev–Trinajstić information content (AvgIpc) is 3.65. The molecule has 2 aromatic heterocycles. The van der Waals surface area contributed by atoms with Gasteiger partial charge in [-0.05, 0) is 80.2 Å². The normalized spacial score (nSPS) is 16.6. The number of hydrogen-bond acceptors (Lipinski definition) is 6. The monoisotopic (exact) mass is 610 g/mol. The second-order valence-electron chi connectivity index (χ2n) is 10.7. The highest BCUT2D eigenvalue weighted by Crippen LogP contribution is 2.28. The number of ether oxygens (including phenoxy) is 1. The molecule has 2 aliphatic rings. The smallest absolute Gasteiger partial charge is 0.305 e. The van der Waals surface area contributed by atoms with Gasteiger partial charge in [0.05, 0.1) is 25.6 Å². The lowest BCUT2D eigenvalue weighted by Gasteiger charge is -2.06. The largest absolute Gasteiger partial charge is 0.469 e. The highest BCUT2D eigenvalue weighted by atomic mass is 17.2. The second-order valence-corrected chi connectivity index (χ2v) is 10.7. The number of esters is 1. The van der Waals surface area contributed by atoms with Crippen LogP contribution in [0.5, 0.6) is 0 Å². The van der Waals surface area contributed by atoms with Crippen molar-refractivity contribution in [1.29, 1.82) is 0 Å². The Kier molecular flexibility index (Phi) is 9.88. The van der Waals surface area contributed by atoms with Crippen molar-refractivity contribution in [2.24, 2.45) is 4.99 Å². The topological polar surface area (TPSA) is 135 Å². The third-order valence-corrected chi connectivity index (χ3v) is 8.07. The van der Waals surface area contributed by atoms with Crippen LogP contribution in [0.15, 0.2) is 70.6 Å². The van der Waals surface area contributed by atoms with Crippen LogP contribution in [0.1, 0.15) is 53.9 Å². The molecule has 2 amide bonds. The molecule has 4 heterocycles. The van der Waals surface area contributed by atoms with Crippen molar-refractivity contribution in [3.8, 4) is 0 Å². The number of rotatable bonds is 12. The zero-order chi connectivity index (χ0) is 33.0. The molecule has 0 spiro atoms. The molecule has 0 atom stereocenters. The highest BCUT2D eigenvalue weighted by molar-refractivity contribution is 6.31. The molecule has 3 N–H and O–H groups in total. The predicted molar refractivity (Wildman–Crippen MR) is 174 cm³/mol. The fraction of sp³-hybridized carbons (Fsp3) is 0.257. The van der Waals surface area contributed by atoms with Gasteiger partial charge in [0.15, 0.2) is 0 Å². The fourth-order valence-electron chi connectivity index (χ4n) is 5.46. The van der Waals surface area contributed by atoms with Crippen molar-refractivity contribution in [1.82, 2.24) is 15.3 Å². The first-order valence-electron chi connectivity index (χ1n) is 14.3. The average molecular weight is 611 g/mol. The standard InChI is InChI=1S/C35H38N4O6/c1-10-23-22(7)34(41)39-30(23)16-28-21(6)26(14-18(3)45-44-9)32(37-28)17-31-25(12-13-33(40)43-8)20(5)27(36-31)15-29-19(4)24(11-2)35(42)38-29/h10-11,15-17,36-37H,1-3,12-14H2,4-9H3,(H,39,41). The summed E-state index contributed by atoms with van der Waals surface area (Å²) in [4.78, 5) is 58.1. The summed E-state index contributed by atoms with van der Waals surface area (Å²) in [5.41, 5.74) is 8.88. The van der Waals surface area contributed by atoms with Gasteiger partial charge in [0, 0.05) is 51.6 Å². The molecule has 234 valence electrons. The molecule has 10 nitrogen and oxygen atoms in total. The van der Waals surface area contributed by atoms with E-state index in [0.717, 1.165) is 55.5 Å². The van der Waals surface area contributed by atoms with Gasteiger partial charge in [0.2, 0.25) is 0 Å². The van der Waals surface area contributed by atoms with E-state index in [2.05, 4.69) is 40.0 Å². The SMILES string of the molecule is C=CC1=C(C)C(C=c2[nH]c(=Cc3[nH]c(C=C4NC(=O)C(C)=C4C=C)c(C)c3CC(=C)OOC)c(CCC(=O)OC)c2C)=NC1=O. The van der Waals surface area contributed by atoms with E-state index in [1.165, 1.54) is 20.3 Å². The number of aromatic nitrogens is 2. The summed E-state index contributed by atoms with van der Waals surface area (Å²) in [6.45, 7) is 19.1. The molecular formula is C35H38N4O6. The maximum Gasteiger partial charge on any atom is 0.305 e. The predicted octanol–water partition coefficient (Wildman–Crippen LogP) is 3.77. The first kappa shape index (κ1) is 32.7. The summed E-state index contributed by atoms with van der Waals surface area (Å²) >= 11 is 0. The second kappa shape index (κ2) is 13.6. The summed E-state index contributed by atoms with van der Waals surface area (Å²) in [5.74, 6) is -0.429. The van der Waals surface area contributed by atoms with Crippen molar-refractivity contribution in [2.75, 3.05) is 14.2 Å². The minimum Gasteiger partial charge on any atom is -0.469 e. The Morgan fingerprint density at radius 3 is 2.20 bits per heavy atom. The Morgan fingerprint density at radius 1 is 0.867 bits per heavy atom. The Morgan fingerprint density at radius 2 is 1.58 bits per heavy atom. The van der Waals surface area contributed by atoms with E-state index in [-0.39, 0.29) is 24.2 Å². The molecule has 0 bridgehead atoms. The Balaban J connectivity index is 1.93. The van der Waals surface area contributed by atoms with E-state index < -0.39 is 0 Å². The molecule has 0 fully saturated rings. The number of allylic oxidation sites excluding steroid dienone is 3. The van der Waals surface area contributed by atoms with Gasteiger partial charge in [0.1, 0.15) is 5.76 Å². The number of methoxy groups -OCH3 is 1. The van der Waals surface area contributed by atoms with Gasteiger partial charge in [-0.1, -0.05) is 31.9 Å². The number of carbonyl (C=O) groups excluding carboxylic acids is 3. The molecule has 10 heteroatoms. The van der Waals surface area contributed by atoms with Crippen LogP contribution in [0.25, 0.3) is 18.2 Å². The molecule has 0 radical (unpaired) electrons. The lowest BCUT2D eigenvalue weighted by atomic mass is 10.0. The maximum atomic E-state index is 12.4. The fourth-order valence-corrected chi connectivity index (χ4v) is 5.46. The zero-order valence-electron chi connectivity index (χ0n) is 26.5.